The Morgan fingerprint density at radius 2 is 2.11 bits per heavy atom. The van der Waals surface area contributed by atoms with Gasteiger partial charge in [0.2, 0.25) is 0 Å². The molecule has 1 aliphatic carbocycles. The number of carbonyl (C=O) groups excluding carboxylic acids is 1. The number of carbonyl (C=O) groups is 1. The number of hydrogen-bond acceptors (Lipinski definition) is 2. The average Bonchev–Trinajstić information content (AvgIpc) is 2.48. The van der Waals surface area contributed by atoms with Gasteiger partial charge in [0.15, 0.2) is 5.78 Å². The van der Waals surface area contributed by atoms with Crippen molar-refractivity contribution in [3.63, 3.8) is 0 Å². The maximum atomic E-state index is 12.3. The standard InChI is InChI=1S/C17H20O2/c18-16(14-7-2-1-3-8-14)12-17-15-9-5-4-6-13(15)10-11-19-17/h4-7,9,17H,1-3,8,10-12H2. The highest BCUT2D eigenvalue weighted by molar-refractivity contribution is 5.95. The van der Waals surface area contributed by atoms with Crippen molar-refractivity contribution in [3.8, 4) is 0 Å². The molecule has 1 unspecified atom stereocenters. The van der Waals surface area contributed by atoms with Gasteiger partial charge in [0.05, 0.1) is 12.7 Å². The van der Waals surface area contributed by atoms with Crippen LogP contribution < -0.4 is 0 Å². The van der Waals surface area contributed by atoms with Crippen LogP contribution in [-0.4, -0.2) is 12.4 Å². The minimum Gasteiger partial charge on any atom is -0.373 e. The highest BCUT2D eigenvalue weighted by Crippen LogP contribution is 2.31. The maximum Gasteiger partial charge on any atom is 0.161 e. The van der Waals surface area contributed by atoms with Gasteiger partial charge in [-0.25, -0.2) is 0 Å². The van der Waals surface area contributed by atoms with Crippen molar-refractivity contribution in [1.29, 1.82) is 0 Å². The zero-order valence-electron chi connectivity index (χ0n) is 11.2. The first-order valence-electron chi connectivity index (χ1n) is 7.26. The molecule has 0 saturated carbocycles. The Bertz CT molecular complexity index is 502. The minimum absolute atomic E-state index is 0.0414. The van der Waals surface area contributed by atoms with Gasteiger partial charge in [-0.15, -0.1) is 0 Å². The van der Waals surface area contributed by atoms with Gasteiger partial charge in [0, 0.05) is 6.42 Å². The van der Waals surface area contributed by atoms with Gasteiger partial charge in [-0.1, -0.05) is 30.3 Å². The maximum absolute atomic E-state index is 12.3. The fraction of sp³-hybridized carbons (Fsp3) is 0.471. The number of Topliss-reactive ketones (excluding diaryl/α,β-unsaturated/α-hetero) is 1. The van der Waals surface area contributed by atoms with E-state index in [1.165, 1.54) is 17.5 Å². The van der Waals surface area contributed by atoms with E-state index < -0.39 is 0 Å². The molecule has 1 atom stereocenters. The number of benzene rings is 1. The molecule has 1 heterocycles. The Hall–Kier alpha value is -1.41. The van der Waals surface area contributed by atoms with Crippen LogP contribution in [0.4, 0.5) is 0 Å². The molecule has 2 aliphatic rings. The van der Waals surface area contributed by atoms with Gasteiger partial charge in [-0.2, -0.15) is 0 Å². The molecule has 3 rings (SSSR count). The smallest absolute Gasteiger partial charge is 0.161 e. The Morgan fingerprint density at radius 3 is 2.95 bits per heavy atom. The third kappa shape index (κ3) is 2.79. The molecule has 0 radical (unpaired) electrons. The van der Waals surface area contributed by atoms with Gasteiger partial charge in [-0.3, -0.25) is 4.79 Å². The van der Waals surface area contributed by atoms with Crippen LogP contribution in [0.25, 0.3) is 0 Å². The Balaban J connectivity index is 1.74. The number of rotatable bonds is 3. The lowest BCUT2D eigenvalue weighted by Crippen LogP contribution is -2.20. The summed E-state index contributed by atoms with van der Waals surface area (Å²) in [5, 5.41) is 0. The summed E-state index contributed by atoms with van der Waals surface area (Å²) in [5.41, 5.74) is 3.57. The van der Waals surface area contributed by atoms with Crippen molar-refractivity contribution in [2.75, 3.05) is 6.61 Å². The fourth-order valence-electron chi connectivity index (χ4n) is 3.04. The molecule has 0 amide bonds. The van der Waals surface area contributed by atoms with E-state index in [1.54, 1.807) is 0 Å². The van der Waals surface area contributed by atoms with Crippen molar-refractivity contribution in [2.24, 2.45) is 0 Å². The first-order chi connectivity index (χ1) is 9.34. The molecule has 100 valence electrons. The highest BCUT2D eigenvalue weighted by Gasteiger charge is 2.24. The molecule has 0 fully saturated rings. The Kier molecular flexibility index (Phi) is 3.79. The SMILES string of the molecule is O=C(CC1OCCc2ccccc21)C1=CCCCC1. The van der Waals surface area contributed by atoms with Crippen LogP contribution in [0, 0.1) is 0 Å². The third-order valence-corrected chi connectivity index (χ3v) is 4.11. The molecule has 0 aromatic heterocycles. The summed E-state index contributed by atoms with van der Waals surface area (Å²) in [6.07, 6.45) is 7.93. The van der Waals surface area contributed by atoms with E-state index in [9.17, 15) is 4.79 Å². The van der Waals surface area contributed by atoms with Crippen LogP contribution in [-0.2, 0) is 16.0 Å². The van der Waals surface area contributed by atoms with Crippen LogP contribution in [0.3, 0.4) is 0 Å². The Labute approximate surface area is 114 Å². The summed E-state index contributed by atoms with van der Waals surface area (Å²) in [6, 6.07) is 8.34. The molecule has 0 N–H and O–H groups in total. The summed E-state index contributed by atoms with van der Waals surface area (Å²) in [4.78, 5) is 12.3. The number of ketones is 1. The number of allylic oxidation sites excluding steroid dienone is 2. The predicted octanol–water partition coefficient (Wildman–Crippen LogP) is 3.76. The molecular weight excluding hydrogens is 236 g/mol. The largest absolute Gasteiger partial charge is 0.373 e. The summed E-state index contributed by atoms with van der Waals surface area (Å²) in [6.45, 7) is 0.730. The molecule has 0 bridgehead atoms. The van der Waals surface area contributed by atoms with Gasteiger partial charge < -0.3 is 4.74 Å². The lowest BCUT2D eigenvalue weighted by Gasteiger charge is -2.26. The van der Waals surface area contributed by atoms with Crippen molar-refractivity contribution in [3.05, 3.63) is 47.0 Å². The van der Waals surface area contributed by atoms with E-state index in [0.29, 0.717) is 6.42 Å². The second-order valence-corrected chi connectivity index (χ2v) is 5.41. The summed E-state index contributed by atoms with van der Waals surface area (Å²) in [5.74, 6) is 0.279. The zero-order valence-corrected chi connectivity index (χ0v) is 11.2. The van der Waals surface area contributed by atoms with Crippen LogP contribution >= 0.6 is 0 Å². The quantitative estimate of drug-likeness (QED) is 0.823. The van der Waals surface area contributed by atoms with E-state index in [2.05, 4.69) is 24.3 Å². The van der Waals surface area contributed by atoms with E-state index in [-0.39, 0.29) is 11.9 Å². The lowest BCUT2D eigenvalue weighted by atomic mass is 9.90. The molecule has 1 aromatic carbocycles. The molecule has 1 aliphatic heterocycles. The molecule has 19 heavy (non-hydrogen) atoms. The molecular formula is C17H20O2. The molecule has 1 aromatic rings. The number of fused-ring (bicyclic) bond motifs is 1. The van der Waals surface area contributed by atoms with Crippen LogP contribution in [0.15, 0.2) is 35.9 Å². The van der Waals surface area contributed by atoms with Gasteiger partial charge >= 0.3 is 0 Å². The minimum atomic E-state index is -0.0414. The zero-order chi connectivity index (χ0) is 13.1. The van der Waals surface area contributed by atoms with E-state index in [0.717, 1.165) is 37.9 Å². The van der Waals surface area contributed by atoms with E-state index in [1.807, 2.05) is 6.07 Å². The second kappa shape index (κ2) is 5.70. The van der Waals surface area contributed by atoms with Crippen LogP contribution in [0.5, 0.6) is 0 Å². The number of hydrogen-bond donors (Lipinski definition) is 0. The fourth-order valence-corrected chi connectivity index (χ4v) is 3.04. The topological polar surface area (TPSA) is 26.3 Å². The lowest BCUT2D eigenvalue weighted by molar-refractivity contribution is -0.119. The summed E-state index contributed by atoms with van der Waals surface area (Å²) < 4.78 is 5.82. The summed E-state index contributed by atoms with van der Waals surface area (Å²) >= 11 is 0. The van der Waals surface area contributed by atoms with E-state index >= 15 is 0 Å². The molecule has 0 saturated heterocycles. The van der Waals surface area contributed by atoms with Crippen molar-refractivity contribution < 1.29 is 9.53 Å². The highest BCUT2D eigenvalue weighted by atomic mass is 16.5. The van der Waals surface area contributed by atoms with Crippen molar-refractivity contribution in [2.45, 2.75) is 44.6 Å². The van der Waals surface area contributed by atoms with Crippen molar-refractivity contribution >= 4 is 5.78 Å². The monoisotopic (exact) mass is 256 g/mol. The first kappa shape index (κ1) is 12.6. The van der Waals surface area contributed by atoms with Gasteiger partial charge in [-0.05, 0) is 48.8 Å². The van der Waals surface area contributed by atoms with Gasteiger partial charge in [0.1, 0.15) is 0 Å². The molecule has 2 heteroatoms. The summed E-state index contributed by atoms with van der Waals surface area (Å²) in [7, 11) is 0. The third-order valence-electron chi connectivity index (χ3n) is 4.11. The number of ether oxygens (including phenoxy) is 1. The Morgan fingerprint density at radius 1 is 1.21 bits per heavy atom. The average molecular weight is 256 g/mol. The predicted molar refractivity (Wildman–Crippen MR) is 75.0 cm³/mol. The van der Waals surface area contributed by atoms with Gasteiger partial charge in [0.25, 0.3) is 0 Å². The molecule has 0 spiro atoms. The molecule has 2 nitrogen and oxygen atoms in total. The van der Waals surface area contributed by atoms with Crippen LogP contribution in [0.1, 0.15) is 49.3 Å². The first-order valence-corrected chi connectivity index (χ1v) is 7.26. The normalized spacial score (nSPS) is 22.5. The second-order valence-electron chi connectivity index (χ2n) is 5.41. The van der Waals surface area contributed by atoms with Crippen molar-refractivity contribution in [1.82, 2.24) is 0 Å². The van der Waals surface area contributed by atoms with E-state index in [4.69, 9.17) is 4.74 Å². The van der Waals surface area contributed by atoms with Crippen LogP contribution in [0.2, 0.25) is 0 Å².